The van der Waals surface area contributed by atoms with E-state index in [1.165, 1.54) is 231 Å². The summed E-state index contributed by atoms with van der Waals surface area (Å²) in [5.74, 6) is -0.661. The zero-order valence-corrected chi connectivity index (χ0v) is 55.8. The van der Waals surface area contributed by atoms with E-state index < -0.39 is 61.4 Å². The summed E-state index contributed by atoms with van der Waals surface area (Å²) in [6.45, 7) is 8.72. The molecule has 0 spiro atoms. The number of carbonyl (C=O) groups is 2. The maximum absolute atomic E-state index is 14.0. The monoisotopic (exact) mass is 1210 g/mol. The molecule has 13 heteroatoms. The summed E-state index contributed by atoms with van der Waals surface area (Å²) >= 11 is 0. The zero-order chi connectivity index (χ0) is 61.8. The normalized spacial score (nSPS) is 22.7. The van der Waals surface area contributed by atoms with Crippen LogP contribution in [0.15, 0.2) is 0 Å². The molecule has 0 radical (unpaired) electrons. The van der Waals surface area contributed by atoms with Crippen LogP contribution in [0.2, 0.25) is 0 Å². The molecule has 0 aromatic heterocycles. The van der Waals surface area contributed by atoms with Gasteiger partial charge in [0.25, 0.3) is 0 Å². The van der Waals surface area contributed by atoms with Gasteiger partial charge >= 0.3 is 0 Å². The van der Waals surface area contributed by atoms with Crippen molar-refractivity contribution in [2.45, 2.75) is 423 Å². The maximum atomic E-state index is 14.0. The first kappa shape index (κ1) is 79.7. The predicted molar refractivity (Wildman–Crippen MR) is 350 cm³/mol. The summed E-state index contributed by atoms with van der Waals surface area (Å²) < 4.78 is 18.0. The fourth-order valence-electron chi connectivity index (χ4n) is 13.0. The SMILES string of the molecule is CCCCCCCCCCCCCCC(CCCCCCCCCCCCCC)C(=O)NCC1O[C@@H](O[C@@H]2OC(CNC(=O)C(CCCCCCCCCCCCCC)CCCCCCCCCCCCCC)[C@H](O)[C@H](O)C2O)C(O)[C@@H](O)[C@H]1O. The third kappa shape index (κ3) is 39.5. The van der Waals surface area contributed by atoms with Crippen molar-refractivity contribution in [1.82, 2.24) is 10.6 Å². The highest BCUT2D eigenvalue weighted by Gasteiger charge is 2.50. The Balaban J connectivity index is 1.99. The van der Waals surface area contributed by atoms with Gasteiger partial charge in [0.15, 0.2) is 12.6 Å². The summed E-state index contributed by atoms with van der Waals surface area (Å²) in [6.07, 6.45) is 47.1. The van der Waals surface area contributed by atoms with Gasteiger partial charge in [-0.1, -0.05) is 336 Å². The minimum atomic E-state index is -1.77. The molecular formula is C72H140N2O11. The highest BCUT2D eigenvalue weighted by atomic mass is 16.8. The number of ether oxygens (including phenoxy) is 3. The third-order valence-corrected chi connectivity index (χ3v) is 18.9. The molecule has 10 atom stereocenters. The Hall–Kier alpha value is -1.42. The van der Waals surface area contributed by atoms with Crippen LogP contribution in [0, 0.1) is 11.8 Å². The molecule has 0 bridgehead atoms. The van der Waals surface area contributed by atoms with E-state index in [1.807, 2.05) is 0 Å². The molecule has 2 heterocycles. The van der Waals surface area contributed by atoms with Gasteiger partial charge in [-0.2, -0.15) is 0 Å². The molecule has 0 aliphatic carbocycles. The number of nitrogens with one attached hydrogen (secondary N) is 2. The van der Waals surface area contributed by atoms with E-state index in [0.29, 0.717) is 0 Å². The average molecular weight is 1210 g/mol. The Labute approximate surface area is 522 Å². The fraction of sp³-hybridized carbons (Fsp3) is 0.972. The van der Waals surface area contributed by atoms with Gasteiger partial charge in [0.05, 0.1) is 0 Å². The largest absolute Gasteiger partial charge is 0.388 e. The minimum absolute atomic E-state index is 0.126. The van der Waals surface area contributed by atoms with Gasteiger partial charge in [-0.25, -0.2) is 0 Å². The Morgan fingerprint density at radius 2 is 0.482 bits per heavy atom. The lowest BCUT2D eigenvalue weighted by molar-refractivity contribution is -0.372. The first-order chi connectivity index (χ1) is 41.5. The number of amides is 2. The number of carbonyl (C=O) groups excluding carboxylic acids is 2. The van der Waals surface area contributed by atoms with E-state index in [1.54, 1.807) is 0 Å². The molecule has 13 nitrogen and oxygen atoms in total. The van der Waals surface area contributed by atoms with Gasteiger partial charge in [0.1, 0.15) is 48.8 Å². The molecule has 0 aromatic carbocycles. The molecule has 0 aromatic rings. The lowest BCUT2D eigenvalue weighted by Gasteiger charge is -2.45. The summed E-state index contributed by atoms with van der Waals surface area (Å²) in [5, 5.41) is 72.7. The highest BCUT2D eigenvalue weighted by Crippen LogP contribution is 2.30. The van der Waals surface area contributed by atoms with Crippen LogP contribution in [0.1, 0.15) is 362 Å². The average Bonchev–Trinajstić information content (AvgIpc) is 3.14. The summed E-state index contributed by atoms with van der Waals surface area (Å²) in [6, 6.07) is 0. The van der Waals surface area contributed by atoms with E-state index in [-0.39, 0.29) is 36.7 Å². The van der Waals surface area contributed by atoms with Gasteiger partial charge in [-0.15, -0.1) is 0 Å². The molecule has 2 aliphatic heterocycles. The lowest BCUT2D eigenvalue weighted by atomic mass is 9.92. The Bertz CT molecular complexity index is 1330. The number of hydrogen-bond acceptors (Lipinski definition) is 11. The highest BCUT2D eigenvalue weighted by molar-refractivity contribution is 5.79. The van der Waals surface area contributed by atoms with E-state index in [4.69, 9.17) is 14.2 Å². The summed E-state index contributed by atoms with van der Waals surface area (Å²) in [5.41, 5.74) is 0. The summed E-state index contributed by atoms with van der Waals surface area (Å²) in [7, 11) is 0. The van der Waals surface area contributed by atoms with Crippen molar-refractivity contribution >= 4 is 11.8 Å². The van der Waals surface area contributed by atoms with Crippen LogP contribution in [-0.4, -0.2) is 117 Å². The molecule has 85 heavy (non-hydrogen) atoms. The van der Waals surface area contributed by atoms with Crippen molar-refractivity contribution in [2.24, 2.45) is 11.8 Å². The van der Waals surface area contributed by atoms with Crippen molar-refractivity contribution < 1.29 is 54.4 Å². The quantitative estimate of drug-likeness (QED) is 0.0269. The first-order valence-corrected chi connectivity index (χ1v) is 37.1. The van der Waals surface area contributed by atoms with E-state index >= 15 is 0 Å². The topological polar surface area (TPSA) is 207 Å². The second kappa shape index (κ2) is 55.4. The number of hydrogen-bond donors (Lipinski definition) is 8. The van der Waals surface area contributed by atoms with Crippen molar-refractivity contribution in [3.8, 4) is 0 Å². The van der Waals surface area contributed by atoms with Crippen LogP contribution < -0.4 is 10.6 Å². The Kier molecular flexibility index (Phi) is 52.0. The van der Waals surface area contributed by atoms with E-state index in [9.17, 15) is 40.2 Å². The van der Waals surface area contributed by atoms with Crippen LogP contribution in [0.3, 0.4) is 0 Å². The van der Waals surface area contributed by atoms with Crippen LogP contribution in [0.5, 0.6) is 0 Å². The molecule has 2 fully saturated rings. The standard InChI is InChI=1S/C72H140N2O11/c1-5-9-13-17-21-25-29-33-37-41-45-49-53-59(54-50-46-42-38-34-30-26-22-18-14-10-6-2)69(81)73-57-61-63(75)65(77)67(79)71(83-61)85-72-68(80)66(78)64(76)62(84-72)58-74-70(82)60(55-51-47-43-39-35-31-27-23-19-15-11-7-3)56-52-48-44-40-36-32-28-24-20-16-12-8-4/h59-68,71-72,75-80H,5-58H2,1-4H3,(H,73,81)(H,74,82)/t61?,62?,63-,64-,65-,66-,67?,68?,71-,72-/m0/s1. The molecule has 2 aliphatic rings. The molecule has 504 valence electrons. The number of aliphatic hydroxyl groups excluding tert-OH is 6. The number of unbranched alkanes of at least 4 members (excludes halogenated alkanes) is 44. The van der Waals surface area contributed by atoms with Gasteiger partial charge in [0.2, 0.25) is 11.8 Å². The maximum Gasteiger partial charge on any atom is 0.223 e. The fourth-order valence-corrected chi connectivity index (χ4v) is 13.0. The first-order valence-electron chi connectivity index (χ1n) is 37.1. The van der Waals surface area contributed by atoms with Crippen molar-refractivity contribution in [3.63, 3.8) is 0 Å². The molecular weight excluding hydrogens is 1070 g/mol. The molecule has 4 unspecified atom stereocenters. The second-order valence-electron chi connectivity index (χ2n) is 26.8. The molecule has 0 saturated carbocycles. The van der Waals surface area contributed by atoms with E-state index in [0.717, 1.165) is 103 Å². The van der Waals surface area contributed by atoms with Gasteiger partial charge in [0, 0.05) is 24.9 Å². The van der Waals surface area contributed by atoms with Gasteiger partial charge in [-0.05, 0) is 25.7 Å². The van der Waals surface area contributed by atoms with Gasteiger partial charge < -0.3 is 55.5 Å². The lowest BCUT2D eigenvalue weighted by Crippen LogP contribution is -2.65. The second-order valence-corrected chi connectivity index (χ2v) is 26.8. The van der Waals surface area contributed by atoms with Crippen molar-refractivity contribution in [2.75, 3.05) is 13.1 Å². The minimum Gasteiger partial charge on any atom is -0.388 e. The van der Waals surface area contributed by atoms with Crippen LogP contribution >= 0.6 is 0 Å². The van der Waals surface area contributed by atoms with Crippen molar-refractivity contribution in [1.29, 1.82) is 0 Å². The van der Waals surface area contributed by atoms with Crippen LogP contribution in [-0.2, 0) is 23.8 Å². The van der Waals surface area contributed by atoms with Gasteiger partial charge in [-0.3, -0.25) is 9.59 Å². The van der Waals surface area contributed by atoms with Crippen molar-refractivity contribution in [3.05, 3.63) is 0 Å². The van der Waals surface area contributed by atoms with Crippen LogP contribution in [0.25, 0.3) is 0 Å². The number of rotatable bonds is 60. The van der Waals surface area contributed by atoms with E-state index in [2.05, 4.69) is 38.3 Å². The molecule has 2 rings (SSSR count). The predicted octanol–water partition coefficient (Wildman–Crippen LogP) is 16.4. The Morgan fingerprint density at radius 1 is 0.294 bits per heavy atom. The number of aliphatic hydroxyl groups is 6. The molecule has 2 amide bonds. The third-order valence-electron chi connectivity index (χ3n) is 18.9. The Morgan fingerprint density at radius 3 is 0.682 bits per heavy atom. The van der Waals surface area contributed by atoms with Crippen LogP contribution in [0.4, 0.5) is 0 Å². The zero-order valence-electron chi connectivity index (χ0n) is 55.8. The molecule has 8 N–H and O–H groups in total. The summed E-state index contributed by atoms with van der Waals surface area (Å²) in [4.78, 5) is 27.9. The smallest absolute Gasteiger partial charge is 0.223 e. The molecule has 2 saturated heterocycles.